The number of phenols is 1. The maximum atomic E-state index is 12.1. The molecule has 0 saturated carbocycles. The van der Waals surface area contributed by atoms with Crippen LogP contribution in [0.4, 0.5) is 5.95 Å². The number of nitrogens with zero attached hydrogens (tertiary/aromatic N) is 3. The number of aryl methyl sites for hydroxylation is 2. The Morgan fingerprint density at radius 3 is 2.57 bits per heavy atom. The third kappa shape index (κ3) is 3.55. The lowest BCUT2D eigenvalue weighted by Crippen LogP contribution is -2.16. The second kappa shape index (κ2) is 6.62. The molecule has 0 saturated heterocycles. The van der Waals surface area contributed by atoms with E-state index in [9.17, 15) is 9.90 Å². The SMILES string of the molecule is CCc1nnc(NC(=O)c2ccc(Br)c(O)c2)nc1CC. The minimum Gasteiger partial charge on any atom is -0.507 e. The van der Waals surface area contributed by atoms with Crippen LogP contribution in [-0.4, -0.2) is 26.2 Å². The van der Waals surface area contributed by atoms with Gasteiger partial charge in [0.2, 0.25) is 5.95 Å². The van der Waals surface area contributed by atoms with Crippen LogP contribution in [0.15, 0.2) is 22.7 Å². The molecule has 0 spiro atoms. The Balaban J connectivity index is 2.21. The predicted octanol–water partition coefficient (Wildman–Crippen LogP) is 2.72. The van der Waals surface area contributed by atoms with Crippen LogP contribution in [0.1, 0.15) is 35.6 Å². The summed E-state index contributed by atoms with van der Waals surface area (Å²) in [5.74, 6) is -0.236. The van der Waals surface area contributed by atoms with Crippen LogP contribution in [0.2, 0.25) is 0 Å². The summed E-state index contributed by atoms with van der Waals surface area (Å²) >= 11 is 3.16. The highest BCUT2D eigenvalue weighted by atomic mass is 79.9. The van der Waals surface area contributed by atoms with Gasteiger partial charge in [0.25, 0.3) is 5.91 Å². The molecule has 6 nitrogen and oxygen atoms in total. The van der Waals surface area contributed by atoms with E-state index in [0.717, 1.165) is 24.2 Å². The van der Waals surface area contributed by atoms with Crippen molar-refractivity contribution in [1.29, 1.82) is 0 Å². The number of aromatic hydroxyl groups is 1. The van der Waals surface area contributed by atoms with Crippen LogP contribution in [-0.2, 0) is 12.8 Å². The third-order valence-electron chi connectivity index (χ3n) is 2.94. The van der Waals surface area contributed by atoms with Crippen LogP contribution >= 0.6 is 15.9 Å². The van der Waals surface area contributed by atoms with Crippen molar-refractivity contribution in [1.82, 2.24) is 15.2 Å². The average Bonchev–Trinajstić information content (AvgIpc) is 2.49. The molecule has 2 rings (SSSR count). The maximum Gasteiger partial charge on any atom is 0.258 e. The molecular weight excluding hydrogens is 336 g/mol. The van der Waals surface area contributed by atoms with Crippen molar-refractivity contribution < 1.29 is 9.90 Å². The quantitative estimate of drug-likeness (QED) is 0.884. The number of nitrogens with one attached hydrogen (secondary N) is 1. The average molecular weight is 351 g/mol. The summed E-state index contributed by atoms with van der Waals surface area (Å²) in [5.41, 5.74) is 1.97. The zero-order valence-corrected chi connectivity index (χ0v) is 13.3. The van der Waals surface area contributed by atoms with Crippen LogP contribution in [0.3, 0.4) is 0 Å². The highest BCUT2D eigenvalue weighted by Gasteiger charge is 2.12. The molecule has 0 radical (unpaired) electrons. The predicted molar refractivity (Wildman–Crippen MR) is 82.3 cm³/mol. The Labute approximate surface area is 130 Å². The van der Waals surface area contributed by atoms with Gasteiger partial charge in [0.1, 0.15) is 5.75 Å². The second-order valence-electron chi connectivity index (χ2n) is 4.36. The molecule has 0 fully saturated rings. The molecule has 110 valence electrons. The summed E-state index contributed by atoms with van der Waals surface area (Å²) < 4.78 is 0.525. The van der Waals surface area contributed by atoms with E-state index in [4.69, 9.17) is 0 Å². The van der Waals surface area contributed by atoms with Crippen molar-refractivity contribution in [3.63, 3.8) is 0 Å². The summed E-state index contributed by atoms with van der Waals surface area (Å²) in [6.45, 7) is 3.95. The first-order chi connectivity index (χ1) is 10.0. The van der Waals surface area contributed by atoms with Gasteiger partial charge in [0, 0.05) is 5.56 Å². The van der Waals surface area contributed by atoms with Gasteiger partial charge in [-0.05, 0) is 47.0 Å². The third-order valence-corrected chi connectivity index (χ3v) is 3.61. The summed E-state index contributed by atoms with van der Waals surface area (Å²) in [7, 11) is 0. The van der Waals surface area contributed by atoms with Crippen molar-refractivity contribution in [3.05, 3.63) is 39.6 Å². The van der Waals surface area contributed by atoms with Crippen molar-refractivity contribution in [2.75, 3.05) is 5.32 Å². The summed E-state index contributed by atoms with van der Waals surface area (Å²) in [6, 6.07) is 4.56. The molecule has 21 heavy (non-hydrogen) atoms. The van der Waals surface area contributed by atoms with Crippen LogP contribution in [0.5, 0.6) is 5.75 Å². The molecule has 0 bridgehead atoms. The first-order valence-electron chi connectivity index (χ1n) is 6.57. The van der Waals surface area contributed by atoms with Crippen molar-refractivity contribution in [3.8, 4) is 5.75 Å². The fourth-order valence-corrected chi connectivity index (χ4v) is 2.07. The lowest BCUT2D eigenvalue weighted by atomic mass is 10.2. The topological polar surface area (TPSA) is 88.0 Å². The molecule has 1 amide bonds. The molecule has 1 heterocycles. The molecule has 0 atom stereocenters. The minimum absolute atomic E-state index is 0.00253. The van der Waals surface area contributed by atoms with E-state index in [1.807, 2.05) is 13.8 Å². The van der Waals surface area contributed by atoms with Gasteiger partial charge in [-0.2, -0.15) is 0 Å². The van der Waals surface area contributed by atoms with Gasteiger partial charge >= 0.3 is 0 Å². The van der Waals surface area contributed by atoms with Crippen molar-refractivity contribution in [2.45, 2.75) is 26.7 Å². The standard InChI is InChI=1S/C14H15BrN4O2/c1-3-10-11(4-2)18-19-14(16-10)17-13(21)8-5-6-9(15)12(20)7-8/h5-7,20H,3-4H2,1-2H3,(H,16,17,19,21). The van der Waals surface area contributed by atoms with Crippen LogP contribution < -0.4 is 5.32 Å². The molecule has 1 aromatic heterocycles. The molecule has 7 heteroatoms. The molecule has 1 aromatic carbocycles. The largest absolute Gasteiger partial charge is 0.507 e. The molecule has 0 unspecified atom stereocenters. The number of phenolic OH excluding ortho intramolecular Hbond substituents is 1. The molecule has 0 aliphatic heterocycles. The fourth-order valence-electron chi connectivity index (χ4n) is 1.82. The van der Waals surface area contributed by atoms with E-state index in [2.05, 4.69) is 36.4 Å². The highest BCUT2D eigenvalue weighted by Crippen LogP contribution is 2.24. The van der Waals surface area contributed by atoms with Crippen molar-refractivity contribution >= 4 is 27.8 Å². The Morgan fingerprint density at radius 1 is 1.24 bits per heavy atom. The van der Waals surface area contributed by atoms with Gasteiger partial charge in [-0.25, -0.2) is 4.98 Å². The first-order valence-corrected chi connectivity index (χ1v) is 7.36. The lowest BCUT2D eigenvalue weighted by molar-refractivity contribution is 0.102. The Morgan fingerprint density at radius 2 is 1.95 bits per heavy atom. The number of hydrogen-bond acceptors (Lipinski definition) is 5. The summed E-state index contributed by atoms with van der Waals surface area (Å²) in [4.78, 5) is 16.4. The van der Waals surface area contributed by atoms with Crippen LogP contribution in [0.25, 0.3) is 0 Å². The number of hydrogen-bond donors (Lipinski definition) is 2. The Kier molecular flexibility index (Phi) is 4.85. The number of rotatable bonds is 4. The number of amides is 1. The summed E-state index contributed by atoms with van der Waals surface area (Å²) in [6.07, 6.45) is 1.47. The normalized spacial score (nSPS) is 10.4. The lowest BCUT2D eigenvalue weighted by Gasteiger charge is -2.07. The number of aromatic nitrogens is 3. The van der Waals surface area contributed by atoms with E-state index in [1.54, 1.807) is 12.1 Å². The number of benzene rings is 1. The van der Waals surface area contributed by atoms with E-state index < -0.39 is 5.91 Å². The summed E-state index contributed by atoms with van der Waals surface area (Å²) in [5, 5.41) is 20.1. The molecule has 2 aromatic rings. The molecule has 2 N–H and O–H groups in total. The van der Waals surface area contributed by atoms with Gasteiger partial charge in [-0.1, -0.05) is 13.8 Å². The maximum absolute atomic E-state index is 12.1. The number of carbonyl (C=O) groups is 1. The van der Waals surface area contributed by atoms with Crippen molar-refractivity contribution in [2.24, 2.45) is 0 Å². The van der Waals surface area contributed by atoms with Gasteiger partial charge in [-0.3, -0.25) is 10.1 Å². The van der Waals surface area contributed by atoms with Crippen LogP contribution in [0, 0.1) is 0 Å². The smallest absolute Gasteiger partial charge is 0.258 e. The number of halogens is 1. The Bertz CT molecular complexity index is 676. The van der Waals surface area contributed by atoms with Gasteiger partial charge in [0.15, 0.2) is 0 Å². The minimum atomic E-state index is -0.397. The fraction of sp³-hybridized carbons (Fsp3) is 0.286. The van der Waals surface area contributed by atoms with E-state index >= 15 is 0 Å². The first kappa shape index (κ1) is 15.4. The number of carbonyl (C=O) groups excluding carboxylic acids is 1. The van der Waals surface area contributed by atoms with Gasteiger partial charge < -0.3 is 5.11 Å². The van der Waals surface area contributed by atoms with E-state index in [1.165, 1.54) is 6.07 Å². The van der Waals surface area contributed by atoms with E-state index in [0.29, 0.717) is 10.0 Å². The van der Waals surface area contributed by atoms with Gasteiger partial charge in [0.05, 0.1) is 15.9 Å². The Hall–Kier alpha value is -2.02. The zero-order valence-electron chi connectivity index (χ0n) is 11.7. The van der Waals surface area contributed by atoms with E-state index in [-0.39, 0.29) is 11.7 Å². The zero-order chi connectivity index (χ0) is 15.4. The second-order valence-corrected chi connectivity index (χ2v) is 5.21. The highest BCUT2D eigenvalue weighted by molar-refractivity contribution is 9.10. The molecule has 0 aliphatic carbocycles. The number of anilines is 1. The van der Waals surface area contributed by atoms with Gasteiger partial charge in [-0.15, -0.1) is 10.2 Å². The monoisotopic (exact) mass is 350 g/mol. The molecule has 0 aliphatic rings. The molecular formula is C14H15BrN4O2.